The molecule has 1 amide bonds. The maximum atomic E-state index is 12.0. The minimum absolute atomic E-state index is 0.0535. The molecule has 2 bridgehead atoms. The molecular formula is C28H32N4O5. The van der Waals surface area contributed by atoms with Gasteiger partial charge in [-0.25, -0.2) is 0 Å². The van der Waals surface area contributed by atoms with Crippen LogP contribution in [0.3, 0.4) is 0 Å². The van der Waals surface area contributed by atoms with Crippen molar-refractivity contribution < 1.29 is 24.5 Å². The third-order valence-corrected chi connectivity index (χ3v) is 9.01. The molecule has 0 saturated carbocycles. The molecule has 9 heteroatoms. The molecule has 1 saturated heterocycles. The minimum Gasteiger partial charge on any atom is -0.507 e. The largest absolute Gasteiger partial charge is 0.507 e. The van der Waals surface area contributed by atoms with Crippen LogP contribution in [-0.2, 0) is 17.6 Å². The van der Waals surface area contributed by atoms with E-state index >= 15 is 0 Å². The second kappa shape index (κ2) is 8.27. The highest BCUT2D eigenvalue weighted by molar-refractivity contribution is 5.73. The third kappa shape index (κ3) is 3.19. The number of amides is 1. The summed E-state index contributed by atoms with van der Waals surface area (Å²) in [6.07, 6.45) is 1.09. The lowest BCUT2D eigenvalue weighted by molar-refractivity contribution is -0.120. The number of nitrogens with zero attached hydrogens (tertiary/aromatic N) is 3. The number of carbonyl (C=O) groups is 1. The molecule has 194 valence electrons. The van der Waals surface area contributed by atoms with Gasteiger partial charge in [-0.15, -0.1) is 0 Å². The standard InChI is InChI=1S/C28H32N4O5/c1-12-6-16-7-18-20(9-29)32-19(24(31(18)5)22(16)26(35)13(12)2)8-17-23(21(32)10-30-15(4)33)28-27(36-11-37-28)14(3)25(17)34/h6,18-21,24,34-35H,7-8,10-11H2,1-5H3,(H,30,33)/t18-,19?,20-,21-,24+/m0/s1. The molecule has 0 aliphatic carbocycles. The molecule has 2 aromatic carbocycles. The first kappa shape index (κ1) is 23.9. The maximum absolute atomic E-state index is 12.0. The van der Waals surface area contributed by atoms with Gasteiger partial charge in [-0.1, -0.05) is 6.07 Å². The summed E-state index contributed by atoms with van der Waals surface area (Å²) in [5.74, 6) is 1.38. The second-order valence-corrected chi connectivity index (χ2v) is 10.8. The maximum Gasteiger partial charge on any atom is 0.231 e. The Bertz CT molecular complexity index is 1380. The number of hydrogen-bond donors (Lipinski definition) is 3. The number of nitriles is 1. The molecule has 5 atom stereocenters. The van der Waals surface area contributed by atoms with Gasteiger partial charge in [0.15, 0.2) is 11.5 Å². The van der Waals surface area contributed by atoms with E-state index in [4.69, 9.17) is 9.47 Å². The van der Waals surface area contributed by atoms with Crippen molar-refractivity contribution in [3.05, 3.63) is 45.0 Å². The van der Waals surface area contributed by atoms with Crippen LogP contribution in [-0.4, -0.2) is 64.4 Å². The fourth-order valence-electron chi connectivity index (χ4n) is 7.15. The number of fused-ring (bicyclic) bond motifs is 9. The highest BCUT2D eigenvalue weighted by Gasteiger charge is 2.56. The number of aromatic hydroxyl groups is 2. The Balaban J connectivity index is 1.60. The van der Waals surface area contributed by atoms with E-state index in [-0.39, 0.29) is 43.1 Å². The van der Waals surface area contributed by atoms with E-state index in [1.165, 1.54) is 6.92 Å². The first-order chi connectivity index (χ1) is 17.6. The number of rotatable bonds is 2. The number of piperazine rings is 1. The zero-order valence-electron chi connectivity index (χ0n) is 21.8. The first-order valence-electron chi connectivity index (χ1n) is 12.7. The van der Waals surface area contributed by atoms with Crippen molar-refractivity contribution in [3.63, 3.8) is 0 Å². The van der Waals surface area contributed by atoms with Crippen molar-refractivity contribution >= 4 is 5.91 Å². The lowest BCUT2D eigenvalue weighted by Crippen LogP contribution is -2.68. The van der Waals surface area contributed by atoms with Crippen LogP contribution in [0.25, 0.3) is 0 Å². The number of hydrogen-bond acceptors (Lipinski definition) is 8. The summed E-state index contributed by atoms with van der Waals surface area (Å²) in [7, 11) is 2.03. The molecule has 1 fully saturated rings. The zero-order valence-corrected chi connectivity index (χ0v) is 21.8. The Kier molecular flexibility index (Phi) is 5.34. The Morgan fingerprint density at radius 2 is 1.84 bits per heavy atom. The average molecular weight is 505 g/mol. The minimum atomic E-state index is -0.475. The molecule has 1 unspecified atom stereocenters. The van der Waals surface area contributed by atoms with E-state index < -0.39 is 12.1 Å². The molecule has 6 rings (SSSR count). The van der Waals surface area contributed by atoms with Crippen LogP contribution in [0.15, 0.2) is 6.07 Å². The Labute approximate surface area is 216 Å². The van der Waals surface area contributed by atoms with E-state index in [9.17, 15) is 20.3 Å². The number of aryl methyl sites for hydroxylation is 1. The highest BCUT2D eigenvalue weighted by atomic mass is 16.7. The molecule has 4 aliphatic rings. The topological polar surface area (TPSA) is 118 Å². The Hall–Kier alpha value is -3.48. The van der Waals surface area contributed by atoms with Crippen molar-refractivity contribution in [3.8, 4) is 29.1 Å². The number of carbonyl (C=O) groups excluding carboxylic acids is 1. The molecule has 2 aromatic rings. The van der Waals surface area contributed by atoms with Crippen molar-refractivity contribution in [1.29, 1.82) is 5.26 Å². The monoisotopic (exact) mass is 504 g/mol. The molecule has 0 aromatic heterocycles. The summed E-state index contributed by atoms with van der Waals surface area (Å²) in [6.45, 7) is 7.52. The van der Waals surface area contributed by atoms with Crippen molar-refractivity contribution in [2.75, 3.05) is 20.4 Å². The zero-order chi connectivity index (χ0) is 26.3. The normalized spacial score (nSPS) is 27.6. The van der Waals surface area contributed by atoms with E-state index in [2.05, 4.69) is 27.3 Å². The van der Waals surface area contributed by atoms with E-state index in [1.807, 2.05) is 27.8 Å². The summed E-state index contributed by atoms with van der Waals surface area (Å²) in [5.41, 5.74) is 5.99. The van der Waals surface area contributed by atoms with Gasteiger partial charge in [-0.2, -0.15) is 5.26 Å². The SMILES string of the molecule is CC(=O)NC[C@H]1c2c(c(O)c(C)c3c2OCO3)CC2[C@@H]3c4c(cc(C)c(C)c4O)C[C@@H]([C@H](C#N)N21)N3C. The summed E-state index contributed by atoms with van der Waals surface area (Å²) in [4.78, 5) is 16.5. The molecule has 3 N–H and O–H groups in total. The van der Waals surface area contributed by atoms with Gasteiger partial charge in [0.1, 0.15) is 17.5 Å². The molecule has 0 spiro atoms. The molecular weight excluding hydrogens is 472 g/mol. The summed E-state index contributed by atoms with van der Waals surface area (Å²) in [6, 6.07) is 3.30. The van der Waals surface area contributed by atoms with Gasteiger partial charge >= 0.3 is 0 Å². The fraction of sp³-hybridized carbons (Fsp3) is 0.500. The van der Waals surface area contributed by atoms with Crippen molar-refractivity contribution in [2.24, 2.45) is 0 Å². The number of ether oxygens (including phenoxy) is 2. The third-order valence-electron chi connectivity index (χ3n) is 9.01. The average Bonchev–Trinajstić information content (AvgIpc) is 3.35. The molecule has 0 radical (unpaired) electrons. The van der Waals surface area contributed by atoms with Crippen molar-refractivity contribution in [2.45, 2.75) is 70.7 Å². The lowest BCUT2D eigenvalue weighted by Gasteiger charge is -2.60. The van der Waals surface area contributed by atoms with Gasteiger partial charge in [0.25, 0.3) is 0 Å². The van der Waals surface area contributed by atoms with Crippen LogP contribution < -0.4 is 14.8 Å². The van der Waals surface area contributed by atoms with Crippen molar-refractivity contribution in [1.82, 2.24) is 15.1 Å². The van der Waals surface area contributed by atoms with Crippen LogP contribution in [0.5, 0.6) is 23.0 Å². The van der Waals surface area contributed by atoms with E-state index in [1.54, 1.807) is 0 Å². The Morgan fingerprint density at radius 3 is 2.54 bits per heavy atom. The van der Waals surface area contributed by atoms with Gasteiger partial charge in [0, 0.05) is 47.8 Å². The van der Waals surface area contributed by atoms with Crippen LogP contribution >= 0.6 is 0 Å². The molecule has 37 heavy (non-hydrogen) atoms. The second-order valence-electron chi connectivity index (χ2n) is 10.8. The van der Waals surface area contributed by atoms with Gasteiger partial charge in [-0.3, -0.25) is 14.6 Å². The first-order valence-corrected chi connectivity index (χ1v) is 12.7. The molecule has 4 heterocycles. The lowest BCUT2D eigenvalue weighted by atomic mass is 9.71. The fourth-order valence-corrected chi connectivity index (χ4v) is 7.15. The van der Waals surface area contributed by atoms with Gasteiger partial charge in [-0.05, 0) is 57.4 Å². The number of nitrogens with one attached hydrogen (secondary N) is 1. The molecule has 4 aliphatic heterocycles. The predicted octanol–water partition coefficient (Wildman–Crippen LogP) is 2.66. The van der Waals surface area contributed by atoms with Crippen LogP contribution in [0.1, 0.15) is 58.0 Å². The van der Waals surface area contributed by atoms with E-state index in [0.717, 1.165) is 33.4 Å². The smallest absolute Gasteiger partial charge is 0.231 e. The van der Waals surface area contributed by atoms with Crippen LogP contribution in [0.4, 0.5) is 0 Å². The Morgan fingerprint density at radius 1 is 1.11 bits per heavy atom. The number of likely N-dealkylation sites (N-methyl/N-ethyl adjacent to an activating group) is 1. The van der Waals surface area contributed by atoms with Crippen LogP contribution in [0, 0.1) is 32.1 Å². The predicted molar refractivity (Wildman–Crippen MR) is 135 cm³/mol. The van der Waals surface area contributed by atoms with Gasteiger partial charge in [0.2, 0.25) is 12.7 Å². The summed E-state index contributed by atoms with van der Waals surface area (Å²) in [5, 5.41) is 36.2. The van der Waals surface area contributed by atoms with E-state index in [0.29, 0.717) is 35.7 Å². The number of benzene rings is 2. The number of phenols is 2. The van der Waals surface area contributed by atoms with Gasteiger partial charge < -0.3 is 25.0 Å². The highest BCUT2D eigenvalue weighted by Crippen LogP contribution is 2.57. The number of phenolic OH excluding ortho intramolecular Hbond substituents is 2. The van der Waals surface area contributed by atoms with Crippen LogP contribution in [0.2, 0.25) is 0 Å². The van der Waals surface area contributed by atoms with Gasteiger partial charge in [0.05, 0.1) is 18.2 Å². The quantitative estimate of drug-likeness (QED) is 0.571. The summed E-state index contributed by atoms with van der Waals surface area (Å²) < 4.78 is 11.7. The summed E-state index contributed by atoms with van der Waals surface area (Å²) >= 11 is 0. The molecule has 9 nitrogen and oxygen atoms in total.